The van der Waals surface area contributed by atoms with Crippen LogP contribution in [-0.4, -0.2) is 36.3 Å². The first-order valence-corrected chi connectivity index (χ1v) is 13.4. The van der Waals surface area contributed by atoms with Crippen LogP contribution < -0.4 is 4.80 Å². The molecule has 1 heterocycles. The molecule has 0 spiro atoms. The molecule has 0 unspecified atom stereocenters. The zero-order valence-corrected chi connectivity index (χ0v) is 21.5. The number of amides is 1. The van der Waals surface area contributed by atoms with E-state index in [-0.39, 0.29) is 22.3 Å². The fourth-order valence-electron chi connectivity index (χ4n) is 3.63. The van der Waals surface area contributed by atoms with Gasteiger partial charge in [-0.15, -0.1) is 6.58 Å². The maximum absolute atomic E-state index is 14.4. The maximum Gasteiger partial charge on any atom is 0.279 e. The number of benzene rings is 2. The molecule has 0 saturated carbocycles. The van der Waals surface area contributed by atoms with E-state index in [1.165, 1.54) is 46.0 Å². The van der Waals surface area contributed by atoms with Crippen molar-refractivity contribution in [3.8, 4) is 0 Å². The first-order valence-electron chi connectivity index (χ1n) is 11.1. The van der Waals surface area contributed by atoms with E-state index in [2.05, 4.69) is 11.6 Å². The molecule has 0 bridgehead atoms. The Morgan fingerprint density at radius 2 is 1.74 bits per heavy atom. The highest BCUT2D eigenvalue weighted by Gasteiger charge is 2.26. The second kappa shape index (κ2) is 10.8. The number of halogens is 1. The number of hydrogen-bond donors (Lipinski definition) is 0. The van der Waals surface area contributed by atoms with Gasteiger partial charge in [0.2, 0.25) is 10.0 Å². The first-order chi connectivity index (χ1) is 16.0. The van der Waals surface area contributed by atoms with Crippen LogP contribution in [0.2, 0.25) is 0 Å². The van der Waals surface area contributed by atoms with Crippen molar-refractivity contribution >= 4 is 37.5 Å². The van der Waals surface area contributed by atoms with Gasteiger partial charge in [0.25, 0.3) is 5.91 Å². The Morgan fingerprint density at radius 3 is 2.29 bits per heavy atom. The van der Waals surface area contributed by atoms with Gasteiger partial charge < -0.3 is 4.57 Å². The predicted octanol–water partition coefficient (Wildman–Crippen LogP) is 5.07. The summed E-state index contributed by atoms with van der Waals surface area (Å²) >= 11 is 1.21. The molecular weight excluding hydrogens is 473 g/mol. The average molecular weight is 504 g/mol. The molecule has 0 aliphatic carbocycles. The van der Waals surface area contributed by atoms with Crippen molar-refractivity contribution in [3.05, 3.63) is 71.3 Å². The first kappa shape index (κ1) is 26.0. The Morgan fingerprint density at radius 1 is 1.12 bits per heavy atom. The second-order valence-corrected chi connectivity index (χ2v) is 11.9. The monoisotopic (exact) mass is 503 g/mol. The van der Waals surface area contributed by atoms with Crippen molar-refractivity contribution in [2.75, 3.05) is 13.1 Å². The quantitative estimate of drug-likeness (QED) is 0.383. The molecule has 6 nitrogen and oxygen atoms in total. The Labute approximate surface area is 204 Å². The van der Waals surface area contributed by atoms with E-state index >= 15 is 0 Å². The summed E-state index contributed by atoms with van der Waals surface area (Å²) in [5, 5.41) is 0. The SMILES string of the molecule is C=CCn1c(=NC(=O)c2ccc(S(=O)(=O)N(CC(C)C)CC(C)C)cc2)sc2cccc(F)c21. The van der Waals surface area contributed by atoms with Crippen LogP contribution in [0.15, 0.2) is 65.0 Å². The molecule has 3 aromatic rings. The van der Waals surface area contributed by atoms with Gasteiger partial charge in [-0.05, 0) is 48.2 Å². The number of fused-ring (bicyclic) bond motifs is 1. The molecule has 0 fully saturated rings. The number of rotatable bonds is 9. The van der Waals surface area contributed by atoms with Crippen LogP contribution in [0.1, 0.15) is 38.1 Å². The van der Waals surface area contributed by atoms with E-state index in [4.69, 9.17) is 0 Å². The van der Waals surface area contributed by atoms with Crippen LogP contribution in [0.25, 0.3) is 10.2 Å². The summed E-state index contributed by atoms with van der Waals surface area (Å²) in [6, 6.07) is 10.6. The Hall–Kier alpha value is -2.62. The van der Waals surface area contributed by atoms with Gasteiger partial charge in [0.1, 0.15) is 5.82 Å². The number of carbonyl (C=O) groups excluding carboxylic acids is 1. The van der Waals surface area contributed by atoms with Crippen molar-refractivity contribution in [1.29, 1.82) is 0 Å². The minimum atomic E-state index is -3.69. The summed E-state index contributed by atoms with van der Waals surface area (Å²) in [6.07, 6.45) is 1.61. The molecule has 9 heteroatoms. The number of carbonyl (C=O) groups is 1. The highest BCUT2D eigenvalue weighted by Crippen LogP contribution is 2.22. The number of aromatic nitrogens is 1. The largest absolute Gasteiger partial charge is 0.310 e. The number of hydrogen-bond acceptors (Lipinski definition) is 4. The van der Waals surface area contributed by atoms with Crippen LogP contribution >= 0.6 is 11.3 Å². The lowest BCUT2D eigenvalue weighted by atomic mass is 10.2. The van der Waals surface area contributed by atoms with Gasteiger partial charge >= 0.3 is 0 Å². The summed E-state index contributed by atoms with van der Waals surface area (Å²) in [5.41, 5.74) is 0.622. The van der Waals surface area contributed by atoms with Gasteiger partial charge in [0.05, 0.1) is 15.1 Å². The molecule has 1 aromatic heterocycles. The Balaban J connectivity index is 1.95. The molecule has 0 aliphatic heterocycles. The lowest BCUT2D eigenvalue weighted by molar-refractivity contribution is 0.0997. The van der Waals surface area contributed by atoms with Crippen LogP contribution in [0.3, 0.4) is 0 Å². The number of thiazole rings is 1. The van der Waals surface area contributed by atoms with Crippen molar-refractivity contribution < 1.29 is 17.6 Å². The highest BCUT2D eigenvalue weighted by molar-refractivity contribution is 7.89. The number of nitrogens with zero attached hydrogens (tertiary/aromatic N) is 3. The van der Waals surface area contributed by atoms with Gasteiger partial charge in [0.15, 0.2) is 4.80 Å². The number of sulfonamides is 1. The van der Waals surface area contributed by atoms with Crippen molar-refractivity contribution in [2.45, 2.75) is 39.1 Å². The van der Waals surface area contributed by atoms with Gasteiger partial charge in [-0.25, -0.2) is 12.8 Å². The zero-order chi connectivity index (χ0) is 25.0. The lowest BCUT2D eigenvalue weighted by Crippen LogP contribution is -2.37. The lowest BCUT2D eigenvalue weighted by Gasteiger charge is -2.25. The van der Waals surface area contributed by atoms with Crippen molar-refractivity contribution in [3.63, 3.8) is 0 Å². The fourth-order valence-corrected chi connectivity index (χ4v) is 6.45. The molecular formula is C25H30FN3O3S2. The summed E-state index contributed by atoms with van der Waals surface area (Å²) in [7, 11) is -3.69. The van der Waals surface area contributed by atoms with Gasteiger partial charge in [-0.3, -0.25) is 4.79 Å². The Bertz CT molecular complexity index is 1340. The highest BCUT2D eigenvalue weighted by atomic mass is 32.2. The van der Waals surface area contributed by atoms with Gasteiger partial charge in [-0.2, -0.15) is 9.30 Å². The van der Waals surface area contributed by atoms with E-state index in [1.807, 2.05) is 27.7 Å². The number of para-hydroxylation sites is 1. The van der Waals surface area contributed by atoms with Crippen molar-refractivity contribution in [2.24, 2.45) is 16.8 Å². The molecule has 0 aliphatic rings. The van der Waals surface area contributed by atoms with E-state index in [1.54, 1.807) is 22.8 Å². The summed E-state index contributed by atoms with van der Waals surface area (Å²) in [4.78, 5) is 17.5. The standard InChI is InChI=1S/C25H30FN3O3S2/c1-6-14-29-23-21(26)8-7-9-22(23)33-25(29)27-24(30)19-10-12-20(13-11-19)34(31,32)28(15-17(2)3)16-18(4)5/h6-13,17-18H,1,14-16H2,2-5H3. The van der Waals surface area contributed by atoms with Crippen LogP contribution in [0.5, 0.6) is 0 Å². The topological polar surface area (TPSA) is 71.7 Å². The van der Waals surface area contributed by atoms with E-state index in [0.717, 1.165) is 0 Å². The third-order valence-electron chi connectivity index (χ3n) is 5.04. The minimum absolute atomic E-state index is 0.135. The van der Waals surface area contributed by atoms with E-state index < -0.39 is 21.7 Å². The third-order valence-corrected chi connectivity index (χ3v) is 7.93. The number of allylic oxidation sites excluding steroid dienone is 1. The smallest absolute Gasteiger partial charge is 0.279 e. The Kier molecular flexibility index (Phi) is 8.22. The molecule has 34 heavy (non-hydrogen) atoms. The molecule has 0 N–H and O–H groups in total. The van der Waals surface area contributed by atoms with E-state index in [9.17, 15) is 17.6 Å². The van der Waals surface area contributed by atoms with Crippen LogP contribution in [0.4, 0.5) is 4.39 Å². The summed E-state index contributed by atoms with van der Waals surface area (Å²) in [5.74, 6) is -0.565. The zero-order valence-electron chi connectivity index (χ0n) is 19.9. The third kappa shape index (κ3) is 5.71. The molecule has 182 valence electrons. The molecule has 2 aromatic carbocycles. The average Bonchev–Trinajstić information content (AvgIpc) is 3.11. The van der Waals surface area contributed by atoms with Gasteiger partial charge in [-0.1, -0.05) is 51.2 Å². The molecule has 0 atom stereocenters. The van der Waals surface area contributed by atoms with E-state index in [0.29, 0.717) is 34.7 Å². The van der Waals surface area contributed by atoms with Crippen LogP contribution in [0, 0.1) is 17.7 Å². The van der Waals surface area contributed by atoms with Crippen LogP contribution in [-0.2, 0) is 16.6 Å². The van der Waals surface area contributed by atoms with Gasteiger partial charge in [0, 0.05) is 25.2 Å². The molecule has 1 amide bonds. The summed E-state index contributed by atoms with van der Waals surface area (Å²) in [6.45, 7) is 12.7. The minimum Gasteiger partial charge on any atom is -0.310 e. The second-order valence-electron chi connectivity index (χ2n) is 8.92. The predicted molar refractivity (Wildman–Crippen MR) is 135 cm³/mol. The molecule has 0 radical (unpaired) electrons. The van der Waals surface area contributed by atoms with Crippen molar-refractivity contribution in [1.82, 2.24) is 8.87 Å². The fraction of sp³-hybridized carbons (Fsp3) is 0.360. The summed E-state index contributed by atoms with van der Waals surface area (Å²) < 4.78 is 44.5. The molecule has 3 rings (SSSR count). The normalized spacial score (nSPS) is 12.9. The maximum atomic E-state index is 14.4. The molecule has 0 saturated heterocycles.